The lowest BCUT2D eigenvalue weighted by atomic mass is 9.73. The SMILES string of the molecule is CC(OCC1(c2ccc(F)cc2)CCN(C(=O)OC(C)(C)C)CC1)c1cc(Cl)cc2cn(COCC[Si](C)(C)C)nc12. The highest BCUT2D eigenvalue weighted by atomic mass is 35.5. The number of carbonyl (C=O) groups is 1. The Hall–Kier alpha value is -2.46. The fourth-order valence-corrected chi connectivity index (χ4v) is 6.22. The third-order valence-electron chi connectivity index (χ3n) is 7.75. The maximum absolute atomic E-state index is 13.8. The van der Waals surface area contributed by atoms with Gasteiger partial charge in [-0.2, -0.15) is 5.10 Å². The lowest BCUT2D eigenvalue weighted by Gasteiger charge is -2.42. The molecule has 1 aromatic heterocycles. The standard InChI is InChI=1S/C32H45ClFN3O4Si/c1-23(28-19-26(33)18-24-20-37(35-29(24)28)22-39-16-17-42(5,6)7)40-21-32(25-8-10-27(34)11-9-25)12-14-36(15-13-32)30(38)41-31(2,3)4/h8-11,18-20,23H,12-17,21-22H2,1-7H3. The number of hydrogen-bond donors (Lipinski definition) is 0. The summed E-state index contributed by atoms with van der Waals surface area (Å²) in [5.74, 6) is -0.282. The van der Waals surface area contributed by atoms with E-state index in [9.17, 15) is 9.18 Å². The van der Waals surface area contributed by atoms with E-state index >= 15 is 0 Å². The molecule has 42 heavy (non-hydrogen) atoms. The first-order chi connectivity index (χ1) is 19.6. The molecule has 2 heterocycles. The fraction of sp³-hybridized carbons (Fsp3) is 0.562. The van der Waals surface area contributed by atoms with Crippen molar-refractivity contribution in [1.82, 2.24) is 14.7 Å². The molecule has 0 bridgehead atoms. The molecule has 3 aromatic rings. The van der Waals surface area contributed by atoms with E-state index in [2.05, 4.69) is 19.6 Å². The number of fused-ring (bicyclic) bond motifs is 1. The molecule has 230 valence electrons. The number of halogens is 2. The number of hydrogen-bond acceptors (Lipinski definition) is 5. The second-order valence-corrected chi connectivity index (χ2v) is 19.7. The molecule has 0 spiro atoms. The van der Waals surface area contributed by atoms with Gasteiger partial charge in [-0.25, -0.2) is 13.9 Å². The van der Waals surface area contributed by atoms with Crippen LogP contribution in [0.3, 0.4) is 0 Å². The highest BCUT2D eigenvalue weighted by Crippen LogP contribution is 2.39. The molecule has 1 unspecified atom stereocenters. The van der Waals surface area contributed by atoms with E-state index in [-0.39, 0.29) is 23.4 Å². The quantitative estimate of drug-likeness (QED) is 0.169. The van der Waals surface area contributed by atoms with Gasteiger partial charge in [0.2, 0.25) is 0 Å². The van der Waals surface area contributed by atoms with Crippen LogP contribution >= 0.6 is 11.6 Å². The van der Waals surface area contributed by atoms with Gasteiger partial charge in [-0.3, -0.25) is 0 Å². The van der Waals surface area contributed by atoms with Crippen LogP contribution in [0, 0.1) is 5.82 Å². The first-order valence-corrected chi connectivity index (χ1v) is 18.8. The number of benzene rings is 2. The number of aromatic nitrogens is 2. The Bertz CT molecular complexity index is 1360. The van der Waals surface area contributed by atoms with E-state index in [1.165, 1.54) is 12.1 Å². The molecule has 0 N–H and O–H groups in total. The summed E-state index contributed by atoms with van der Waals surface area (Å²) in [6.45, 7) is 17.1. The summed E-state index contributed by atoms with van der Waals surface area (Å²) in [5, 5.41) is 6.36. The minimum Gasteiger partial charge on any atom is -0.444 e. The zero-order valence-electron chi connectivity index (χ0n) is 26.0. The van der Waals surface area contributed by atoms with Crippen LogP contribution in [-0.2, 0) is 26.4 Å². The minimum atomic E-state index is -1.17. The molecule has 0 saturated carbocycles. The molecule has 1 fully saturated rings. The van der Waals surface area contributed by atoms with Crippen molar-refractivity contribution in [1.29, 1.82) is 0 Å². The van der Waals surface area contributed by atoms with Crippen molar-refractivity contribution in [3.05, 3.63) is 64.6 Å². The molecule has 1 saturated heterocycles. The van der Waals surface area contributed by atoms with Crippen molar-refractivity contribution >= 4 is 36.7 Å². The van der Waals surface area contributed by atoms with Crippen molar-refractivity contribution in [2.45, 2.75) is 90.1 Å². The number of carbonyl (C=O) groups excluding carboxylic acids is 1. The summed E-state index contributed by atoms with van der Waals surface area (Å²) < 4.78 is 33.8. The second kappa shape index (κ2) is 13.0. The smallest absolute Gasteiger partial charge is 0.410 e. The predicted molar refractivity (Wildman–Crippen MR) is 168 cm³/mol. The lowest BCUT2D eigenvalue weighted by molar-refractivity contribution is -0.00935. The zero-order chi connectivity index (χ0) is 30.7. The predicted octanol–water partition coefficient (Wildman–Crippen LogP) is 8.19. The summed E-state index contributed by atoms with van der Waals surface area (Å²) in [6, 6.07) is 11.5. The summed E-state index contributed by atoms with van der Waals surface area (Å²) in [7, 11) is -1.17. The molecule has 1 amide bonds. The van der Waals surface area contributed by atoms with Crippen molar-refractivity contribution in [2.75, 3.05) is 26.3 Å². The maximum Gasteiger partial charge on any atom is 0.410 e. The Balaban J connectivity index is 1.50. The van der Waals surface area contributed by atoms with Gasteiger partial charge < -0.3 is 19.1 Å². The minimum absolute atomic E-state index is 0.282. The van der Waals surface area contributed by atoms with Crippen molar-refractivity contribution in [3.63, 3.8) is 0 Å². The van der Waals surface area contributed by atoms with Gasteiger partial charge in [0.1, 0.15) is 18.1 Å². The molecule has 1 aliphatic heterocycles. The van der Waals surface area contributed by atoms with Crippen LogP contribution in [-0.4, -0.2) is 60.8 Å². The molecule has 10 heteroatoms. The Morgan fingerprint density at radius 2 is 1.81 bits per heavy atom. The van der Waals surface area contributed by atoms with Crippen LogP contribution < -0.4 is 0 Å². The molecule has 1 aliphatic rings. The molecular formula is C32H45ClFN3O4Si. The van der Waals surface area contributed by atoms with Crippen LogP contribution in [0.5, 0.6) is 0 Å². The molecule has 4 rings (SSSR count). The first-order valence-electron chi connectivity index (χ1n) is 14.7. The average Bonchev–Trinajstić information content (AvgIpc) is 3.31. The van der Waals surface area contributed by atoms with Crippen molar-refractivity contribution < 1.29 is 23.4 Å². The van der Waals surface area contributed by atoms with E-state index in [0.717, 1.165) is 34.7 Å². The third-order valence-corrected chi connectivity index (χ3v) is 9.67. The monoisotopic (exact) mass is 617 g/mol. The lowest BCUT2D eigenvalue weighted by Crippen LogP contribution is -2.48. The van der Waals surface area contributed by atoms with Gasteiger partial charge in [0.15, 0.2) is 0 Å². The van der Waals surface area contributed by atoms with Crippen LogP contribution in [0.15, 0.2) is 42.6 Å². The fourth-order valence-electron chi connectivity index (χ4n) is 5.22. The van der Waals surface area contributed by atoms with Crippen LogP contribution in [0.2, 0.25) is 30.7 Å². The van der Waals surface area contributed by atoms with Gasteiger partial charge in [-0.05, 0) is 76.4 Å². The molecule has 0 aliphatic carbocycles. The second-order valence-electron chi connectivity index (χ2n) is 13.7. The van der Waals surface area contributed by atoms with E-state index in [4.69, 9.17) is 30.9 Å². The van der Waals surface area contributed by atoms with Crippen LogP contribution in [0.1, 0.15) is 57.8 Å². The first kappa shape index (κ1) is 32.5. The highest BCUT2D eigenvalue weighted by molar-refractivity contribution is 6.76. The van der Waals surface area contributed by atoms with Gasteiger partial charge >= 0.3 is 6.09 Å². The van der Waals surface area contributed by atoms with Gasteiger partial charge in [-0.1, -0.05) is 43.4 Å². The molecular weight excluding hydrogens is 573 g/mol. The summed E-state index contributed by atoms with van der Waals surface area (Å²) in [5.41, 5.74) is 1.78. The molecule has 0 radical (unpaired) electrons. The highest BCUT2D eigenvalue weighted by Gasteiger charge is 2.39. The topological polar surface area (TPSA) is 65.8 Å². The molecule has 2 aromatic carbocycles. The zero-order valence-corrected chi connectivity index (χ0v) is 27.8. The Morgan fingerprint density at radius 1 is 1.14 bits per heavy atom. The van der Waals surface area contributed by atoms with Gasteiger partial charge in [0.05, 0.1) is 18.2 Å². The average molecular weight is 618 g/mol. The van der Waals surface area contributed by atoms with Gasteiger partial charge in [-0.15, -0.1) is 0 Å². The Labute approximate surface area is 255 Å². The largest absolute Gasteiger partial charge is 0.444 e. The van der Waals surface area contributed by atoms with Crippen molar-refractivity contribution in [2.24, 2.45) is 0 Å². The summed E-state index contributed by atoms with van der Waals surface area (Å²) in [6.07, 6.45) is 2.67. The third kappa shape index (κ3) is 8.55. The maximum atomic E-state index is 13.8. The van der Waals surface area contributed by atoms with Gasteiger partial charge in [0.25, 0.3) is 0 Å². The Kier molecular flexibility index (Phi) is 10.1. The normalized spacial score (nSPS) is 16.5. The Morgan fingerprint density at radius 3 is 2.43 bits per heavy atom. The number of nitrogens with zero attached hydrogens (tertiary/aromatic N) is 3. The number of amides is 1. The van der Waals surface area contributed by atoms with Crippen molar-refractivity contribution in [3.8, 4) is 0 Å². The van der Waals surface area contributed by atoms with E-state index < -0.39 is 13.7 Å². The van der Waals surface area contributed by atoms with E-state index in [1.54, 1.807) is 4.90 Å². The number of piperidine rings is 1. The summed E-state index contributed by atoms with van der Waals surface area (Å²) in [4.78, 5) is 14.5. The van der Waals surface area contributed by atoms with Gasteiger partial charge in [0, 0.05) is 55.4 Å². The number of rotatable bonds is 10. The molecule has 7 nitrogen and oxygen atoms in total. The number of likely N-dealkylation sites (tertiary alicyclic amines) is 1. The number of ether oxygens (including phenoxy) is 3. The van der Waals surface area contributed by atoms with E-state index in [1.807, 2.05) is 62.8 Å². The van der Waals surface area contributed by atoms with Crippen LogP contribution in [0.25, 0.3) is 10.9 Å². The van der Waals surface area contributed by atoms with E-state index in [0.29, 0.717) is 44.3 Å². The molecule has 1 atom stereocenters. The summed E-state index contributed by atoms with van der Waals surface area (Å²) >= 11 is 6.53. The van der Waals surface area contributed by atoms with Crippen LogP contribution in [0.4, 0.5) is 9.18 Å².